The van der Waals surface area contributed by atoms with Gasteiger partial charge >= 0.3 is 0 Å². The van der Waals surface area contributed by atoms with Crippen LogP contribution in [0.25, 0.3) is 10.9 Å². The summed E-state index contributed by atoms with van der Waals surface area (Å²) < 4.78 is 5.56. The first kappa shape index (κ1) is 11.8. The van der Waals surface area contributed by atoms with Crippen molar-refractivity contribution in [3.63, 3.8) is 0 Å². The molecule has 0 saturated carbocycles. The third kappa shape index (κ3) is 2.45. The lowest BCUT2D eigenvalue weighted by molar-refractivity contribution is 0.490. The Hall–Kier alpha value is -2.29. The molecule has 1 aromatic carbocycles. The van der Waals surface area contributed by atoms with Crippen LogP contribution in [0.3, 0.4) is 0 Å². The number of para-hydroxylation sites is 1. The van der Waals surface area contributed by atoms with Crippen molar-refractivity contribution < 1.29 is 4.42 Å². The number of aromatic nitrogens is 1. The molecule has 2 heterocycles. The van der Waals surface area contributed by atoms with E-state index in [1.165, 1.54) is 0 Å². The molecule has 0 aliphatic rings. The van der Waals surface area contributed by atoms with Crippen LogP contribution in [0.2, 0.25) is 0 Å². The summed E-state index contributed by atoms with van der Waals surface area (Å²) in [6.07, 6.45) is 0. The standard InChI is InChI=1S/C16H16N2O/c1-11-6-8-13-4-3-5-15(16(13)18-11)17-10-14-9-7-12(2)19-14/h3-9,17H,10H2,1-2H3. The average Bonchev–Trinajstić information content (AvgIpc) is 2.82. The summed E-state index contributed by atoms with van der Waals surface area (Å²) >= 11 is 0. The van der Waals surface area contributed by atoms with E-state index in [0.29, 0.717) is 6.54 Å². The van der Waals surface area contributed by atoms with Crippen LogP contribution in [-0.4, -0.2) is 4.98 Å². The minimum atomic E-state index is 0.669. The Kier molecular flexibility index (Phi) is 2.95. The van der Waals surface area contributed by atoms with E-state index >= 15 is 0 Å². The third-order valence-corrected chi connectivity index (χ3v) is 3.11. The molecule has 3 heteroatoms. The molecule has 3 rings (SSSR count). The summed E-state index contributed by atoms with van der Waals surface area (Å²) in [4.78, 5) is 4.60. The van der Waals surface area contributed by atoms with Crippen LogP contribution >= 0.6 is 0 Å². The van der Waals surface area contributed by atoms with Crippen LogP contribution in [0.15, 0.2) is 46.9 Å². The number of hydrogen-bond donors (Lipinski definition) is 1. The van der Waals surface area contributed by atoms with E-state index in [1.54, 1.807) is 0 Å². The topological polar surface area (TPSA) is 38.1 Å². The zero-order valence-corrected chi connectivity index (χ0v) is 11.1. The Labute approximate surface area is 112 Å². The monoisotopic (exact) mass is 252 g/mol. The predicted octanol–water partition coefficient (Wildman–Crippen LogP) is 4.06. The Morgan fingerprint density at radius 2 is 1.95 bits per heavy atom. The van der Waals surface area contributed by atoms with E-state index in [-0.39, 0.29) is 0 Å². The summed E-state index contributed by atoms with van der Waals surface area (Å²) in [6, 6.07) is 14.3. The zero-order chi connectivity index (χ0) is 13.2. The van der Waals surface area contributed by atoms with Gasteiger partial charge in [0.05, 0.1) is 17.7 Å². The molecule has 0 radical (unpaired) electrons. The second kappa shape index (κ2) is 4.76. The lowest BCUT2D eigenvalue weighted by Crippen LogP contribution is -1.99. The van der Waals surface area contributed by atoms with Gasteiger partial charge in [-0.2, -0.15) is 0 Å². The highest BCUT2D eigenvalue weighted by Crippen LogP contribution is 2.22. The molecular formula is C16H16N2O. The summed E-state index contributed by atoms with van der Waals surface area (Å²) in [6.45, 7) is 4.63. The van der Waals surface area contributed by atoms with Crippen molar-refractivity contribution >= 4 is 16.6 Å². The molecule has 19 heavy (non-hydrogen) atoms. The summed E-state index contributed by atoms with van der Waals surface area (Å²) in [7, 11) is 0. The first-order chi connectivity index (χ1) is 9.22. The SMILES string of the molecule is Cc1ccc2cccc(NCc3ccc(C)o3)c2n1. The highest BCUT2D eigenvalue weighted by Gasteiger charge is 2.04. The Balaban J connectivity index is 1.90. The first-order valence-corrected chi connectivity index (χ1v) is 6.38. The van der Waals surface area contributed by atoms with Crippen LogP contribution in [-0.2, 0) is 6.54 Å². The maximum atomic E-state index is 5.56. The third-order valence-electron chi connectivity index (χ3n) is 3.11. The molecule has 0 amide bonds. The van der Waals surface area contributed by atoms with E-state index in [9.17, 15) is 0 Å². The molecule has 3 aromatic rings. The molecule has 0 unspecified atom stereocenters. The zero-order valence-electron chi connectivity index (χ0n) is 11.1. The number of pyridine rings is 1. The molecule has 1 N–H and O–H groups in total. The number of benzene rings is 1. The van der Waals surface area contributed by atoms with Crippen molar-refractivity contribution in [3.8, 4) is 0 Å². The number of furan rings is 1. The van der Waals surface area contributed by atoms with E-state index in [2.05, 4.69) is 22.4 Å². The van der Waals surface area contributed by atoms with E-state index in [0.717, 1.165) is 33.8 Å². The normalized spacial score (nSPS) is 10.8. The molecule has 3 nitrogen and oxygen atoms in total. The van der Waals surface area contributed by atoms with Gasteiger partial charge in [-0.25, -0.2) is 0 Å². The molecule has 0 bridgehead atoms. The molecule has 0 saturated heterocycles. The lowest BCUT2D eigenvalue weighted by Gasteiger charge is -2.08. The fourth-order valence-electron chi connectivity index (χ4n) is 2.15. The fraction of sp³-hybridized carbons (Fsp3) is 0.188. The first-order valence-electron chi connectivity index (χ1n) is 6.38. The summed E-state index contributed by atoms with van der Waals surface area (Å²) in [5.41, 5.74) is 3.07. The number of nitrogens with one attached hydrogen (secondary N) is 1. The van der Waals surface area contributed by atoms with Gasteiger partial charge in [-0.1, -0.05) is 18.2 Å². The van der Waals surface area contributed by atoms with Crippen LogP contribution < -0.4 is 5.32 Å². The van der Waals surface area contributed by atoms with Gasteiger partial charge in [0.25, 0.3) is 0 Å². The highest BCUT2D eigenvalue weighted by atomic mass is 16.3. The maximum Gasteiger partial charge on any atom is 0.123 e. The highest BCUT2D eigenvalue weighted by molar-refractivity contribution is 5.90. The maximum absolute atomic E-state index is 5.56. The molecular weight excluding hydrogens is 236 g/mol. The van der Waals surface area contributed by atoms with Crippen molar-refractivity contribution in [1.82, 2.24) is 4.98 Å². The van der Waals surface area contributed by atoms with Crippen LogP contribution in [0.4, 0.5) is 5.69 Å². The van der Waals surface area contributed by atoms with Gasteiger partial charge in [-0.3, -0.25) is 4.98 Å². The molecule has 0 aliphatic heterocycles. The second-order valence-corrected chi connectivity index (χ2v) is 4.70. The average molecular weight is 252 g/mol. The largest absolute Gasteiger partial charge is 0.465 e. The molecule has 0 spiro atoms. The minimum Gasteiger partial charge on any atom is -0.465 e. The van der Waals surface area contributed by atoms with Crippen molar-refractivity contribution in [1.29, 1.82) is 0 Å². The molecule has 0 aliphatic carbocycles. The van der Waals surface area contributed by atoms with Crippen molar-refractivity contribution in [2.75, 3.05) is 5.32 Å². The number of nitrogens with zero attached hydrogens (tertiary/aromatic N) is 1. The number of fused-ring (bicyclic) bond motifs is 1. The number of aryl methyl sites for hydroxylation is 2. The number of hydrogen-bond acceptors (Lipinski definition) is 3. The summed E-state index contributed by atoms with van der Waals surface area (Å²) in [5, 5.41) is 4.53. The van der Waals surface area contributed by atoms with Crippen LogP contribution in [0.5, 0.6) is 0 Å². The quantitative estimate of drug-likeness (QED) is 0.764. The van der Waals surface area contributed by atoms with Gasteiger partial charge in [0.1, 0.15) is 11.5 Å². The smallest absolute Gasteiger partial charge is 0.123 e. The van der Waals surface area contributed by atoms with Gasteiger partial charge in [-0.05, 0) is 38.1 Å². The summed E-state index contributed by atoms with van der Waals surface area (Å²) in [5.74, 6) is 1.87. The van der Waals surface area contributed by atoms with E-state index in [4.69, 9.17) is 4.42 Å². The molecule has 0 fully saturated rings. The predicted molar refractivity (Wildman–Crippen MR) is 77.3 cm³/mol. The Morgan fingerprint density at radius 1 is 1.05 bits per heavy atom. The van der Waals surface area contributed by atoms with Gasteiger partial charge in [0.2, 0.25) is 0 Å². The molecule has 96 valence electrons. The van der Waals surface area contributed by atoms with Crippen molar-refractivity contribution in [3.05, 3.63) is 59.7 Å². The second-order valence-electron chi connectivity index (χ2n) is 4.70. The fourth-order valence-corrected chi connectivity index (χ4v) is 2.15. The number of rotatable bonds is 3. The molecule has 2 aromatic heterocycles. The van der Waals surface area contributed by atoms with E-state index in [1.807, 2.05) is 44.2 Å². The van der Waals surface area contributed by atoms with Gasteiger partial charge in [-0.15, -0.1) is 0 Å². The minimum absolute atomic E-state index is 0.669. The number of anilines is 1. The van der Waals surface area contributed by atoms with Gasteiger partial charge in [0, 0.05) is 11.1 Å². The van der Waals surface area contributed by atoms with E-state index < -0.39 is 0 Å². The van der Waals surface area contributed by atoms with Crippen molar-refractivity contribution in [2.45, 2.75) is 20.4 Å². The van der Waals surface area contributed by atoms with Crippen LogP contribution in [0, 0.1) is 13.8 Å². The van der Waals surface area contributed by atoms with Gasteiger partial charge in [0.15, 0.2) is 0 Å². The lowest BCUT2D eigenvalue weighted by atomic mass is 10.1. The molecule has 0 atom stereocenters. The Bertz CT molecular complexity index is 716. The van der Waals surface area contributed by atoms with Crippen LogP contribution in [0.1, 0.15) is 17.2 Å². The Morgan fingerprint density at radius 3 is 2.74 bits per heavy atom. The van der Waals surface area contributed by atoms with Gasteiger partial charge < -0.3 is 9.73 Å². The van der Waals surface area contributed by atoms with Crippen molar-refractivity contribution in [2.24, 2.45) is 0 Å².